The molecule has 4 heteroatoms. The molecular weight excluding hydrogens is 224 g/mol. The first kappa shape index (κ1) is 16.1. The van der Waals surface area contributed by atoms with Crippen molar-refractivity contribution < 1.29 is 13.7 Å². The molecule has 0 aliphatic rings. The molecular formula is C12H26O3S. The quantitative estimate of drug-likeness (QED) is 0.559. The molecule has 1 atom stereocenters. The lowest BCUT2D eigenvalue weighted by Gasteiger charge is -2.16. The maximum atomic E-state index is 11.7. The summed E-state index contributed by atoms with van der Waals surface area (Å²) in [5.74, 6) is 2.10. The van der Waals surface area contributed by atoms with Crippen molar-refractivity contribution in [3.63, 3.8) is 0 Å². The Hall–Kier alpha value is 0.0700. The van der Waals surface area contributed by atoms with Gasteiger partial charge in [-0.2, -0.15) is 0 Å². The van der Waals surface area contributed by atoms with Crippen LogP contribution in [0, 0.1) is 5.92 Å². The molecule has 0 spiro atoms. The van der Waals surface area contributed by atoms with E-state index in [9.17, 15) is 4.21 Å². The first-order chi connectivity index (χ1) is 7.60. The van der Waals surface area contributed by atoms with Gasteiger partial charge in [-0.25, -0.2) is 0 Å². The van der Waals surface area contributed by atoms with Gasteiger partial charge < -0.3 is 9.47 Å². The van der Waals surface area contributed by atoms with Crippen molar-refractivity contribution in [1.29, 1.82) is 0 Å². The predicted octanol–water partition coefficient (Wildman–Crippen LogP) is 2.57. The average Bonchev–Trinajstić information content (AvgIpc) is 2.23. The first-order valence-electron chi connectivity index (χ1n) is 6.18. The van der Waals surface area contributed by atoms with Gasteiger partial charge in [0.05, 0.1) is 0 Å². The molecule has 0 aromatic heterocycles. The van der Waals surface area contributed by atoms with Crippen LogP contribution in [0.4, 0.5) is 0 Å². The first-order valence-corrected chi connectivity index (χ1v) is 7.67. The largest absolute Gasteiger partial charge is 0.353 e. The normalized spacial score (nSPS) is 13.6. The van der Waals surface area contributed by atoms with Gasteiger partial charge in [0.1, 0.15) is 0 Å². The summed E-state index contributed by atoms with van der Waals surface area (Å²) in [5, 5.41) is 0. The molecule has 0 saturated heterocycles. The lowest BCUT2D eigenvalue weighted by atomic mass is 10.2. The second-order valence-electron chi connectivity index (χ2n) is 4.16. The highest BCUT2D eigenvalue weighted by atomic mass is 32.2. The molecule has 0 aliphatic heterocycles. The van der Waals surface area contributed by atoms with Crippen LogP contribution < -0.4 is 0 Å². The van der Waals surface area contributed by atoms with Crippen molar-refractivity contribution in [2.75, 3.05) is 24.7 Å². The van der Waals surface area contributed by atoms with E-state index in [-0.39, 0.29) is 6.29 Å². The summed E-state index contributed by atoms with van der Waals surface area (Å²) >= 11 is 0. The summed E-state index contributed by atoms with van der Waals surface area (Å²) < 4.78 is 22.5. The van der Waals surface area contributed by atoms with E-state index >= 15 is 0 Å². The van der Waals surface area contributed by atoms with Crippen LogP contribution in [0.2, 0.25) is 0 Å². The molecule has 3 nitrogen and oxygen atoms in total. The van der Waals surface area contributed by atoms with Crippen LogP contribution in [0.5, 0.6) is 0 Å². The molecule has 16 heavy (non-hydrogen) atoms. The molecule has 0 aliphatic carbocycles. The molecule has 0 rings (SSSR count). The lowest BCUT2D eigenvalue weighted by molar-refractivity contribution is -0.136. The van der Waals surface area contributed by atoms with Crippen LogP contribution in [0.3, 0.4) is 0 Å². The zero-order valence-corrected chi connectivity index (χ0v) is 11.8. The van der Waals surface area contributed by atoms with E-state index < -0.39 is 10.8 Å². The molecule has 0 amide bonds. The highest BCUT2D eigenvalue weighted by molar-refractivity contribution is 7.84. The van der Waals surface area contributed by atoms with Crippen molar-refractivity contribution in [3.05, 3.63) is 0 Å². The minimum absolute atomic E-state index is 0.182. The third-order valence-electron chi connectivity index (χ3n) is 2.21. The number of ether oxygens (including phenoxy) is 2. The maximum absolute atomic E-state index is 11.7. The van der Waals surface area contributed by atoms with Crippen molar-refractivity contribution in [3.8, 4) is 0 Å². The van der Waals surface area contributed by atoms with E-state index in [4.69, 9.17) is 9.47 Å². The van der Waals surface area contributed by atoms with E-state index in [1.165, 1.54) is 0 Å². The Kier molecular flexibility index (Phi) is 10.3. The Labute approximate surface area is 102 Å². The highest BCUT2D eigenvalue weighted by Gasteiger charge is 2.10. The zero-order chi connectivity index (χ0) is 12.4. The van der Waals surface area contributed by atoms with Crippen molar-refractivity contribution in [2.45, 2.75) is 46.8 Å². The fourth-order valence-corrected chi connectivity index (χ4v) is 2.68. The third-order valence-corrected chi connectivity index (χ3v) is 3.59. The predicted molar refractivity (Wildman–Crippen MR) is 69.0 cm³/mol. The smallest absolute Gasteiger partial charge is 0.158 e. The van der Waals surface area contributed by atoms with Crippen LogP contribution in [-0.4, -0.2) is 35.2 Å². The monoisotopic (exact) mass is 250 g/mol. The molecule has 0 bridgehead atoms. The third kappa shape index (κ3) is 9.31. The van der Waals surface area contributed by atoms with Gasteiger partial charge in [-0.15, -0.1) is 0 Å². The summed E-state index contributed by atoms with van der Waals surface area (Å²) in [6, 6.07) is 0. The number of hydrogen-bond acceptors (Lipinski definition) is 3. The second kappa shape index (κ2) is 10.2. The summed E-state index contributed by atoms with van der Waals surface area (Å²) in [7, 11) is -0.728. The zero-order valence-electron chi connectivity index (χ0n) is 11.0. The fourth-order valence-electron chi connectivity index (χ4n) is 1.28. The molecule has 0 aromatic carbocycles. The van der Waals surface area contributed by atoms with Crippen LogP contribution >= 0.6 is 0 Å². The summed E-state index contributed by atoms with van der Waals surface area (Å²) in [6.45, 7) is 9.48. The molecule has 0 N–H and O–H groups in total. The van der Waals surface area contributed by atoms with Gasteiger partial charge >= 0.3 is 0 Å². The van der Waals surface area contributed by atoms with E-state index in [2.05, 4.69) is 13.8 Å². The molecule has 0 heterocycles. The number of hydrogen-bond donors (Lipinski definition) is 0. The van der Waals surface area contributed by atoms with Gasteiger partial charge in [0, 0.05) is 41.9 Å². The van der Waals surface area contributed by atoms with Crippen molar-refractivity contribution in [2.24, 2.45) is 5.92 Å². The van der Waals surface area contributed by atoms with Gasteiger partial charge in [0.25, 0.3) is 0 Å². The van der Waals surface area contributed by atoms with E-state index in [1.54, 1.807) is 0 Å². The summed E-state index contributed by atoms with van der Waals surface area (Å²) in [6.07, 6.45) is 1.57. The summed E-state index contributed by atoms with van der Waals surface area (Å²) in [5.41, 5.74) is 0. The highest BCUT2D eigenvalue weighted by Crippen LogP contribution is 2.05. The van der Waals surface area contributed by atoms with Crippen LogP contribution in [0.25, 0.3) is 0 Å². The Morgan fingerprint density at radius 3 is 1.94 bits per heavy atom. The minimum Gasteiger partial charge on any atom is -0.353 e. The van der Waals surface area contributed by atoms with Gasteiger partial charge in [-0.1, -0.05) is 13.8 Å². The Bertz CT molecular complexity index is 177. The van der Waals surface area contributed by atoms with Crippen LogP contribution in [0.15, 0.2) is 0 Å². The molecule has 0 fully saturated rings. The van der Waals surface area contributed by atoms with Gasteiger partial charge in [-0.05, 0) is 26.2 Å². The van der Waals surface area contributed by atoms with Crippen molar-refractivity contribution in [1.82, 2.24) is 0 Å². The van der Waals surface area contributed by atoms with Gasteiger partial charge in [0.2, 0.25) is 0 Å². The molecule has 0 saturated carbocycles. The van der Waals surface area contributed by atoms with Crippen LogP contribution in [-0.2, 0) is 20.3 Å². The average molecular weight is 250 g/mol. The molecule has 1 unspecified atom stereocenters. The summed E-state index contributed by atoms with van der Waals surface area (Å²) in [4.78, 5) is 0. The standard InChI is InChI=1S/C12H26O3S/c1-5-14-12(15-6-2)8-10-16(13)9-7-11(3)4/h11-12H,5-10H2,1-4H3. The maximum Gasteiger partial charge on any atom is 0.158 e. The topological polar surface area (TPSA) is 35.5 Å². The lowest BCUT2D eigenvalue weighted by Crippen LogP contribution is -2.20. The van der Waals surface area contributed by atoms with Gasteiger partial charge in [-0.3, -0.25) is 4.21 Å². The van der Waals surface area contributed by atoms with Crippen molar-refractivity contribution >= 4 is 10.8 Å². The van der Waals surface area contributed by atoms with E-state index in [0.29, 0.717) is 24.9 Å². The second-order valence-corrected chi connectivity index (χ2v) is 5.86. The Balaban J connectivity index is 3.68. The number of rotatable bonds is 10. The SMILES string of the molecule is CCOC(CCS(=O)CCC(C)C)OCC. The van der Waals surface area contributed by atoms with E-state index in [1.807, 2.05) is 13.8 Å². The Morgan fingerprint density at radius 1 is 1.00 bits per heavy atom. The van der Waals surface area contributed by atoms with E-state index in [0.717, 1.165) is 18.6 Å². The molecule has 0 radical (unpaired) electrons. The Morgan fingerprint density at radius 2 is 1.50 bits per heavy atom. The molecule has 0 aromatic rings. The fraction of sp³-hybridized carbons (Fsp3) is 1.00. The molecule has 98 valence electrons. The van der Waals surface area contributed by atoms with Gasteiger partial charge in [0.15, 0.2) is 6.29 Å². The van der Waals surface area contributed by atoms with Crippen LogP contribution in [0.1, 0.15) is 40.5 Å². The minimum atomic E-state index is -0.728.